The van der Waals surface area contributed by atoms with E-state index in [0.717, 1.165) is 12.0 Å². The molecule has 2 aromatic rings. The summed E-state index contributed by atoms with van der Waals surface area (Å²) >= 11 is 0. The summed E-state index contributed by atoms with van der Waals surface area (Å²) < 4.78 is 14.4. The molecule has 2 amide bonds. The van der Waals surface area contributed by atoms with E-state index < -0.39 is 5.82 Å². The Hall–Kier alpha value is -2.44. The molecule has 5 nitrogen and oxygen atoms in total. The summed E-state index contributed by atoms with van der Waals surface area (Å²) in [7, 11) is 0. The Labute approximate surface area is 170 Å². The molecule has 1 aliphatic heterocycles. The third kappa shape index (κ3) is 4.88. The van der Waals surface area contributed by atoms with E-state index in [2.05, 4.69) is 29.7 Å². The lowest BCUT2D eigenvalue weighted by Gasteiger charge is -2.36. The summed E-state index contributed by atoms with van der Waals surface area (Å²) in [5.74, 6) is -1.23. The average Bonchev–Trinajstić information content (AvgIpc) is 2.68. The molecule has 0 aromatic heterocycles. The topological polar surface area (TPSA) is 61.4 Å². The van der Waals surface area contributed by atoms with Gasteiger partial charge in [-0.15, -0.1) is 12.4 Å². The lowest BCUT2D eigenvalue weighted by Crippen LogP contribution is -2.48. The van der Waals surface area contributed by atoms with Crippen LogP contribution in [0, 0.1) is 5.82 Å². The molecule has 7 heteroatoms. The number of hydrogen-bond donors (Lipinski definition) is 2. The zero-order valence-corrected chi connectivity index (χ0v) is 16.8. The van der Waals surface area contributed by atoms with Gasteiger partial charge in [0.1, 0.15) is 5.82 Å². The molecule has 1 heterocycles. The minimum atomic E-state index is -0.590. The first kappa shape index (κ1) is 21.9. The number of halogens is 2. The van der Waals surface area contributed by atoms with E-state index in [1.807, 2.05) is 12.1 Å². The van der Waals surface area contributed by atoms with Crippen LogP contribution in [0.5, 0.6) is 0 Å². The van der Waals surface area contributed by atoms with Gasteiger partial charge in [-0.2, -0.15) is 0 Å². The monoisotopic (exact) mass is 405 g/mol. The molecule has 0 spiro atoms. The van der Waals surface area contributed by atoms with Crippen molar-refractivity contribution in [2.45, 2.75) is 26.3 Å². The lowest BCUT2D eigenvalue weighted by atomic mass is 9.99. The second kappa shape index (κ2) is 9.66. The Morgan fingerprint density at radius 3 is 2.57 bits per heavy atom. The Morgan fingerprint density at radius 1 is 1.21 bits per heavy atom. The van der Waals surface area contributed by atoms with Crippen LogP contribution in [-0.4, -0.2) is 36.3 Å². The zero-order chi connectivity index (χ0) is 19.4. The highest BCUT2D eigenvalue weighted by atomic mass is 35.5. The van der Waals surface area contributed by atoms with Crippen LogP contribution in [0.4, 0.5) is 10.1 Å². The number of anilines is 1. The largest absolute Gasteiger partial charge is 0.329 e. The summed E-state index contributed by atoms with van der Waals surface area (Å²) in [5, 5.41) is 5.90. The van der Waals surface area contributed by atoms with Crippen LogP contribution >= 0.6 is 12.4 Å². The van der Waals surface area contributed by atoms with Gasteiger partial charge in [0.15, 0.2) is 0 Å². The summed E-state index contributed by atoms with van der Waals surface area (Å²) in [6.07, 6.45) is 0.951. The SMILES string of the molecule is CCc1ccc(C2CNCCN2C(=O)c2cc(NC(C)=O)ccc2F)cc1.Cl. The van der Waals surface area contributed by atoms with E-state index in [1.165, 1.54) is 30.7 Å². The molecule has 2 aromatic carbocycles. The molecule has 1 fully saturated rings. The number of rotatable bonds is 4. The Bertz CT molecular complexity index is 842. The van der Waals surface area contributed by atoms with Crippen molar-refractivity contribution >= 4 is 29.9 Å². The fourth-order valence-electron chi connectivity index (χ4n) is 3.35. The van der Waals surface area contributed by atoms with Gasteiger partial charge in [0.05, 0.1) is 11.6 Å². The molecular weight excluding hydrogens is 381 g/mol. The van der Waals surface area contributed by atoms with E-state index in [9.17, 15) is 14.0 Å². The highest BCUT2D eigenvalue weighted by Gasteiger charge is 2.30. The van der Waals surface area contributed by atoms with Crippen molar-refractivity contribution in [1.29, 1.82) is 0 Å². The Balaban J connectivity index is 0.00000280. The second-order valence-corrected chi connectivity index (χ2v) is 6.69. The van der Waals surface area contributed by atoms with Crippen molar-refractivity contribution in [2.75, 3.05) is 25.0 Å². The Kier molecular flexibility index (Phi) is 7.54. The number of aryl methyl sites for hydroxylation is 1. The van der Waals surface area contributed by atoms with Gasteiger partial charge in [-0.1, -0.05) is 31.2 Å². The van der Waals surface area contributed by atoms with Crippen LogP contribution in [0.1, 0.15) is 41.4 Å². The van der Waals surface area contributed by atoms with Gasteiger partial charge in [-0.25, -0.2) is 4.39 Å². The standard InChI is InChI=1S/C21H24FN3O2.ClH/c1-3-15-4-6-16(7-5-15)20-13-23-10-11-25(20)21(27)18-12-17(24-14(2)26)8-9-19(18)22;/h4-9,12,20,23H,3,10-11,13H2,1-2H3,(H,24,26);1H. The third-order valence-electron chi connectivity index (χ3n) is 4.79. The highest BCUT2D eigenvalue weighted by Crippen LogP contribution is 2.26. The van der Waals surface area contributed by atoms with Crippen LogP contribution in [0.15, 0.2) is 42.5 Å². The van der Waals surface area contributed by atoms with Gasteiger partial charge in [0, 0.05) is 32.2 Å². The van der Waals surface area contributed by atoms with Crippen LogP contribution in [0.2, 0.25) is 0 Å². The fourth-order valence-corrected chi connectivity index (χ4v) is 3.35. The summed E-state index contributed by atoms with van der Waals surface area (Å²) in [5.41, 5.74) is 2.63. The third-order valence-corrected chi connectivity index (χ3v) is 4.79. The van der Waals surface area contributed by atoms with Crippen LogP contribution in [-0.2, 0) is 11.2 Å². The van der Waals surface area contributed by atoms with Crippen LogP contribution < -0.4 is 10.6 Å². The predicted octanol–water partition coefficient (Wildman–Crippen LogP) is 3.56. The summed E-state index contributed by atoms with van der Waals surface area (Å²) in [4.78, 5) is 26.1. The van der Waals surface area contributed by atoms with Crippen molar-refractivity contribution in [1.82, 2.24) is 10.2 Å². The molecule has 1 unspecified atom stereocenters. The average molecular weight is 406 g/mol. The number of amides is 2. The molecule has 0 saturated carbocycles. The van der Waals surface area contributed by atoms with Gasteiger partial charge >= 0.3 is 0 Å². The fraction of sp³-hybridized carbons (Fsp3) is 0.333. The van der Waals surface area contributed by atoms with E-state index >= 15 is 0 Å². The van der Waals surface area contributed by atoms with E-state index in [-0.39, 0.29) is 35.8 Å². The number of hydrogen-bond acceptors (Lipinski definition) is 3. The number of nitrogens with zero attached hydrogens (tertiary/aromatic N) is 1. The van der Waals surface area contributed by atoms with Gasteiger partial charge in [0.25, 0.3) is 5.91 Å². The van der Waals surface area contributed by atoms with E-state index in [0.29, 0.717) is 25.3 Å². The lowest BCUT2D eigenvalue weighted by molar-refractivity contribution is -0.114. The summed E-state index contributed by atoms with van der Waals surface area (Å²) in [6.45, 7) is 5.23. The number of benzene rings is 2. The molecule has 0 radical (unpaired) electrons. The molecular formula is C21H25ClFN3O2. The molecule has 3 rings (SSSR count). The van der Waals surface area contributed by atoms with Crippen LogP contribution in [0.3, 0.4) is 0 Å². The van der Waals surface area contributed by atoms with Crippen molar-refractivity contribution in [3.8, 4) is 0 Å². The molecule has 1 aliphatic rings. The molecule has 1 atom stereocenters. The minimum absolute atomic E-state index is 0. The molecule has 2 N–H and O–H groups in total. The van der Waals surface area contributed by atoms with Gasteiger partial charge in [-0.3, -0.25) is 9.59 Å². The minimum Gasteiger partial charge on any atom is -0.329 e. The summed E-state index contributed by atoms with van der Waals surface area (Å²) in [6, 6.07) is 12.1. The Morgan fingerprint density at radius 2 is 1.93 bits per heavy atom. The predicted molar refractivity (Wildman–Crippen MR) is 110 cm³/mol. The number of nitrogens with one attached hydrogen (secondary N) is 2. The number of carbonyl (C=O) groups excluding carboxylic acids is 2. The second-order valence-electron chi connectivity index (χ2n) is 6.69. The smallest absolute Gasteiger partial charge is 0.257 e. The molecule has 150 valence electrons. The number of carbonyl (C=O) groups is 2. The molecule has 0 bridgehead atoms. The first-order chi connectivity index (χ1) is 13.0. The number of piperazine rings is 1. The van der Waals surface area contributed by atoms with Crippen molar-refractivity contribution in [3.63, 3.8) is 0 Å². The van der Waals surface area contributed by atoms with Gasteiger partial charge in [0.2, 0.25) is 5.91 Å². The zero-order valence-electron chi connectivity index (χ0n) is 16.0. The van der Waals surface area contributed by atoms with E-state index in [4.69, 9.17) is 0 Å². The molecule has 0 aliphatic carbocycles. The molecule has 28 heavy (non-hydrogen) atoms. The van der Waals surface area contributed by atoms with E-state index in [1.54, 1.807) is 4.90 Å². The maximum absolute atomic E-state index is 14.4. The van der Waals surface area contributed by atoms with Gasteiger partial charge < -0.3 is 15.5 Å². The maximum Gasteiger partial charge on any atom is 0.257 e. The van der Waals surface area contributed by atoms with Crippen LogP contribution in [0.25, 0.3) is 0 Å². The first-order valence-corrected chi connectivity index (χ1v) is 9.17. The quantitative estimate of drug-likeness (QED) is 0.817. The van der Waals surface area contributed by atoms with Crippen molar-refractivity contribution in [2.24, 2.45) is 0 Å². The van der Waals surface area contributed by atoms with Crippen molar-refractivity contribution < 1.29 is 14.0 Å². The normalized spacial score (nSPS) is 16.2. The van der Waals surface area contributed by atoms with Crippen molar-refractivity contribution in [3.05, 3.63) is 65.0 Å². The van der Waals surface area contributed by atoms with Gasteiger partial charge in [-0.05, 0) is 35.7 Å². The maximum atomic E-state index is 14.4. The molecule has 1 saturated heterocycles. The highest BCUT2D eigenvalue weighted by molar-refractivity contribution is 5.97. The first-order valence-electron chi connectivity index (χ1n) is 9.17.